The second kappa shape index (κ2) is 12.0. The van der Waals surface area contributed by atoms with E-state index in [1.165, 1.54) is 24.1 Å². The molecule has 0 aliphatic carbocycles. The molecule has 3 rings (SSSR count). The fourth-order valence-corrected chi connectivity index (χ4v) is 4.83. The quantitative estimate of drug-likeness (QED) is 0.381. The van der Waals surface area contributed by atoms with Gasteiger partial charge in [0.05, 0.1) is 12.1 Å². The largest absolute Gasteiger partial charge is 0.480 e. The molecule has 0 bridgehead atoms. The van der Waals surface area contributed by atoms with Crippen LogP contribution in [0.4, 0.5) is 44.3 Å². The first-order valence-corrected chi connectivity index (χ1v) is 12.9. The maximum Gasteiger partial charge on any atom is 0.434 e. The zero-order chi connectivity index (χ0) is 32.6. The van der Waals surface area contributed by atoms with Crippen molar-refractivity contribution < 1.29 is 63.7 Å². The number of nitrogens with zero attached hydrogens (tertiary/aromatic N) is 3. The van der Waals surface area contributed by atoms with Gasteiger partial charge in [-0.25, -0.2) is 9.59 Å². The van der Waals surface area contributed by atoms with E-state index >= 15 is 0 Å². The van der Waals surface area contributed by atoms with E-state index in [4.69, 9.17) is 4.74 Å². The van der Waals surface area contributed by atoms with Gasteiger partial charge in [-0.3, -0.25) is 4.90 Å². The summed E-state index contributed by atoms with van der Waals surface area (Å²) in [5.41, 5.74) is -2.82. The lowest BCUT2D eigenvalue weighted by molar-refractivity contribution is -0.308. The molecule has 0 radical (unpaired) electrons. The van der Waals surface area contributed by atoms with E-state index in [1.54, 1.807) is 18.9 Å². The first-order chi connectivity index (χ1) is 19.5. The molecule has 2 heterocycles. The van der Waals surface area contributed by atoms with Gasteiger partial charge in [0.1, 0.15) is 6.26 Å². The van der Waals surface area contributed by atoms with Gasteiger partial charge in [-0.2, -0.15) is 39.5 Å². The van der Waals surface area contributed by atoms with E-state index in [2.05, 4.69) is 4.74 Å². The van der Waals surface area contributed by atoms with E-state index in [0.29, 0.717) is 0 Å². The highest BCUT2D eigenvalue weighted by Crippen LogP contribution is 2.37. The zero-order valence-corrected chi connectivity index (χ0v) is 23.2. The Morgan fingerprint density at radius 1 is 1.00 bits per heavy atom. The average molecular weight is 636 g/mol. The molecule has 43 heavy (non-hydrogen) atoms. The van der Waals surface area contributed by atoms with Crippen molar-refractivity contribution in [3.63, 3.8) is 0 Å². The second-order valence-electron chi connectivity index (χ2n) is 11.1. The second-order valence-corrected chi connectivity index (χ2v) is 11.1. The molecule has 242 valence electrons. The normalized spacial score (nSPS) is 21.3. The lowest BCUT2D eigenvalue weighted by Gasteiger charge is -2.45. The fourth-order valence-electron chi connectivity index (χ4n) is 4.83. The molecule has 2 aliphatic heterocycles. The molecule has 0 saturated carbocycles. The molecule has 2 aliphatic rings. The van der Waals surface area contributed by atoms with Gasteiger partial charge in [0.15, 0.2) is 0 Å². The number of carboxylic acid groups (broad SMARTS) is 1. The first-order valence-electron chi connectivity index (χ1n) is 12.9. The molecular weight excluding hydrogens is 605 g/mol. The minimum atomic E-state index is -5.85. The van der Waals surface area contributed by atoms with Gasteiger partial charge < -0.3 is 24.4 Å². The van der Waals surface area contributed by atoms with E-state index in [9.17, 15) is 54.2 Å². The van der Waals surface area contributed by atoms with Crippen molar-refractivity contribution in [2.24, 2.45) is 0 Å². The van der Waals surface area contributed by atoms with Gasteiger partial charge in [0.2, 0.25) is 5.60 Å². The summed E-state index contributed by atoms with van der Waals surface area (Å²) in [6.45, 7) is 2.33. The number of benzene rings is 1. The maximum absolute atomic E-state index is 13.8. The van der Waals surface area contributed by atoms with Crippen LogP contribution in [0.5, 0.6) is 0 Å². The van der Waals surface area contributed by atoms with Gasteiger partial charge >= 0.3 is 30.6 Å². The van der Waals surface area contributed by atoms with Crippen LogP contribution >= 0.6 is 0 Å². The number of carboxylic acids is 1. The maximum atomic E-state index is 13.8. The Labute approximate surface area is 240 Å². The summed E-state index contributed by atoms with van der Waals surface area (Å²) in [4.78, 5) is 27.6. The lowest BCUT2D eigenvalue weighted by atomic mass is 9.87. The predicted molar refractivity (Wildman–Crippen MR) is 131 cm³/mol. The Hall–Kier alpha value is -3.37. The molecule has 8 nitrogen and oxygen atoms in total. The van der Waals surface area contributed by atoms with Crippen molar-refractivity contribution >= 4 is 12.1 Å². The van der Waals surface area contributed by atoms with Crippen molar-refractivity contribution in [1.29, 1.82) is 0 Å². The van der Waals surface area contributed by atoms with Crippen LogP contribution in [0.25, 0.3) is 0 Å². The summed E-state index contributed by atoms with van der Waals surface area (Å²) in [5.74, 6) is -1.25. The number of likely N-dealkylation sites (tertiary alicyclic amines) is 1. The Bertz CT molecular complexity index is 1200. The third kappa shape index (κ3) is 8.38. The number of alkyl halides is 9. The van der Waals surface area contributed by atoms with Crippen LogP contribution in [0, 0.1) is 0 Å². The molecule has 1 unspecified atom stereocenters. The van der Waals surface area contributed by atoms with Gasteiger partial charge in [0.25, 0.3) is 6.10 Å². The molecule has 17 heteroatoms. The molecule has 0 spiro atoms. The molecule has 1 saturated heterocycles. The molecule has 1 aromatic rings. The average Bonchev–Trinajstić information content (AvgIpc) is 2.85. The standard InChI is InChI=1S/C26H30F9N3O5/c1-22(4-6-38(7-5-22)21(41)43-19(25(30,31)32)26(33,34)35)36(3)13-16-10-17(12-18(11-16)24(27,28)29)14-37-8-9-42-23(2,15-37)20(39)40/h8-12,19H,4-7,13-15H2,1-3H3,(H,39,40). The number of rotatable bonds is 7. The summed E-state index contributed by atoms with van der Waals surface area (Å²) in [5, 5.41) is 9.41. The molecule has 1 atom stereocenters. The van der Waals surface area contributed by atoms with Gasteiger partial charge in [-0.1, -0.05) is 6.07 Å². The smallest absolute Gasteiger partial charge is 0.434 e. The van der Waals surface area contributed by atoms with Crippen LogP contribution in [0.3, 0.4) is 0 Å². The predicted octanol–water partition coefficient (Wildman–Crippen LogP) is 5.77. The van der Waals surface area contributed by atoms with Crippen LogP contribution in [0.1, 0.15) is 43.4 Å². The van der Waals surface area contributed by atoms with Crippen molar-refractivity contribution in [1.82, 2.24) is 14.7 Å². The monoisotopic (exact) mass is 635 g/mol. The molecule has 1 N–H and O–H groups in total. The van der Waals surface area contributed by atoms with Gasteiger partial charge in [-0.05, 0) is 57.0 Å². The number of carbonyl (C=O) groups is 2. The summed E-state index contributed by atoms with van der Waals surface area (Å²) >= 11 is 0. The van der Waals surface area contributed by atoms with Gasteiger partial charge in [-0.15, -0.1) is 0 Å². The molecular formula is C26H30F9N3O5. The Kier molecular flexibility index (Phi) is 9.49. The molecule has 1 aromatic carbocycles. The number of carbonyl (C=O) groups excluding carboxylic acids is 1. The van der Waals surface area contributed by atoms with E-state index in [1.807, 2.05) is 0 Å². The third-order valence-corrected chi connectivity index (χ3v) is 7.58. The van der Waals surface area contributed by atoms with E-state index in [-0.39, 0.29) is 56.7 Å². The summed E-state index contributed by atoms with van der Waals surface area (Å²) < 4.78 is 127. The van der Waals surface area contributed by atoms with E-state index in [0.717, 1.165) is 23.3 Å². The summed E-state index contributed by atoms with van der Waals surface area (Å²) in [6.07, 6.45) is -19.7. The lowest BCUT2D eigenvalue weighted by Crippen LogP contribution is -2.54. The third-order valence-electron chi connectivity index (χ3n) is 7.58. The number of aliphatic carboxylic acids is 1. The Balaban J connectivity index is 1.72. The van der Waals surface area contributed by atoms with Crippen LogP contribution in [0.15, 0.2) is 30.7 Å². The number of ether oxygens (including phenoxy) is 2. The number of piperidine rings is 1. The highest BCUT2D eigenvalue weighted by Gasteiger charge is 2.60. The molecule has 1 amide bonds. The summed E-state index contributed by atoms with van der Waals surface area (Å²) in [6, 6.07) is 3.43. The van der Waals surface area contributed by atoms with Crippen molar-refractivity contribution in [3.8, 4) is 0 Å². The van der Waals surface area contributed by atoms with Crippen molar-refractivity contribution in [3.05, 3.63) is 47.4 Å². The number of halogens is 9. The highest BCUT2D eigenvalue weighted by molar-refractivity contribution is 5.77. The minimum absolute atomic E-state index is 0.0200. The number of amides is 1. The SMILES string of the molecule is CN(Cc1cc(CN2C=COC(C)(C(=O)O)C2)cc(C(F)(F)F)c1)C1(C)CCN(C(=O)OC(C(F)(F)F)C(F)(F)F)CC1. The van der Waals surface area contributed by atoms with Crippen molar-refractivity contribution in [2.45, 2.75) is 75.6 Å². The van der Waals surface area contributed by atoms with Crippen LogP contribution < -0.4 is 0 Å². The number of hydrogen-bond acceptors (Lipinski definition) is 6. The minimum Gasteiger partial charge on any atom is -0.480 e. The summed E-state index contributed by atoms with van der Waals surface area (Å²) in [7, 11) is 1.60. The molecule has 1 fully saturated rings. The fraction of sp³-hybridized carbons (Fsp3) is 0.615. The van der Waals surface area contributed by atoms with Crippen molar-refractivity contribution in [2.75, 3.05) is 26.7 Å². The van der Waals surface area contributed by atoms with Crippen LogP contribution in [-0.4, -0.2) is 88.1 Å². The topological polar surface area (TPSA) is 82.6 Å². The Morgan fingerprint density at radius 3 is 2.07 bits per heavy atom. The van der Waals surface area contributed by atoms with Crippen LogP contribution in [0.2, 0.25) is 0 Å². The van der Waals surface area contributed by atoms with E-state index < -0.39 is 53.4 Å². The Morgan fingerprint density at radius 2 is 1.56 bits per heavy atom. The number of hydrogen-bond donors (Lipinski definition) is 1. The van der Waals surface area contributed by atoms with Gasteiger partial charge in [0, 0.05) is 37.9 Å². The van der Waals surface area contributed by atoms with Crippen LogP contribution in [-0.2, 0) is 33.5 Å². The highest BCUT2D eigenvalue weighted by atomic mass is 19.4. The molecule has 0 aromatic heterocycles. The zero-order valence-electron chi connectivity index (χ0n) is 23.2. The first kappa shape index (κ1) is 34.1.